The zero-order valence-corrected chi connectivity index (χ0v) is 17.3. The number of hydrogen-bond donors (Lipinski definition) is 0. The van der Waals surface area contributed by atoms with Crippen molar-refractivity contribution in [2.45, 2.75) is 40.0 Å². The van der Waals surface area contributed by atoms with Crippen molar-refractivity contribution in [1.82, 2.24) is 19.6 Å². The van der Waals surface area contributed by atoms with Gasteiger partial charge in [0.2, 0.25) is 0 Å². The van der Waals surface area contributed by atoms with Crippen LogP contribution in [0.5, 0.6) is 0 Å². The van der Waals surface area contributed by atoms with Crippen LogP contribution in [0.1, 0.15) is 38.4 Å². The molecule has 4 aromatic rings. The Labute approximate surface area is 171 Å². The van der Waals surface area contributed by atoms with Gasteiger partial charge in [0, 0.05) is 34.8 Å². The lowest BCUT2D eigenvalue weighted by Gasteiger charge is -2.35. The fourth-order valence-corrected chi connectivity index (χ4v) is 4.52. The first-order valence-corrected chi connectivity index (χ1v) is 10.4. The van der Waals surface area contributed by atoms with Crippen LogP contribution in [0.25, 0.3) is 28.0 Å². The van der Waals surface area contributed by atoms with Crippen molar-refractivity contribution < 1.29 is 0 Å². The minimum absolute atomic E-state index is 0.276. The fraction of sp³-hybridized carbons (Fsp3) is 0.320. The van der Waals surface area contributed by atoms with Crippen LogP contribution in [-0.4, -0.2) is 19.6 Å². The van der Waals surface area contributed by atoms with Crippen molar-refractivity contribution in [2.75, 3.05) is 0 Å². The highest BCUT2D eigenvalue weighted by Crippen LogP contribution is 2.41. The SMILES string of the molecule is CC(C)(C)[C@H]1CCc2c(c(-c3cccnc3)nc3c(-c4ccccc4)cnn23)C1. The summed E-state index contributed by atoms with van der Waals surface area (Å²) < 4.78 is 2.08. The molecule has 0 fully saturated rings. The molecular weight excluding hydrogens is 356 g/mol. The summed E-state index contributed by atoms with van der Waals surface area (Å²) in [6.07, 6.45) is 8.95. The van der Waals surface area contributed by atoms with Gasteiger partial charge in [0.1, 0.15) is 0 Å². The highest BCUT2D eigenvalue weighted by Gasteiger charge is 2.32. The third-order valence-corrected chi connectivity index (χ3v) is 6.28. The van der Waals surface area contributed by atoms with E-state index in [1.165, 1.54) is 17.7 Å². The second-order valence-electron chi connectivity index (χ2n) is 9.09. The largest absolute Gasteiger partial charge is 0.264 e. The lowest BCUT2D eigenvalue weighted by atomic mass is 9.71. The Balaban J connectivity index is 1.76. The van der Waals surface area contributed by atoms with E-state index in [9.17, 15) is 0 Å². The molecule has 1 aromatic carbocycles. The Morgan fingerprint density at radius 1 is 0.966 bits per heavy atom. The number of benzene rings is 1. The first-order valence-electron chi connectivity index (χ1n) is 10.4. The van der Waals surface area contributed by atoms with Gasteiger partial charge in [0.25, 0.3) is 0 Å². The van der Waals surface area contributed by atoms with Crippen molar-refractivity contribution in [3.05, 3.63) is 72.3 Å². The molecule has 3 heterocycles. The molecule has 1 aliphatic carbocycles. The molecule has 1 aliphatic rings. The second-order valence-corrected chi connectivity index (χ2v) is 9.09. The Morgan fingerprint density at radius 3 is 2.48 bits per heavy atom. The molecule has 3 aromatic heterocycles. The normalized spacial score (nSPS) is 16.7. The molecule has 146 valence electrons. The van der Waals surface area contributed by atoms with E-state index in [1.54, 1.807) is 0 Å². The van der Waals surface area contributed by atoms with E-state index in [4.69, 9.17) is 10.1 Å². The second kappa shape index (κ2) is 6.80. The van der Waals surface area contributed by atoms with Crippen molar-refractivity contribution in [3.8, 4) is 22.4 Å². The van der Waals surface area contributed by atoms with Crippen molar-refractivity contribution in [1.29, 1.82) is 0 Å². The van der Waals surface area contributed by atoms with Gasteiger partial charge in [-0.15, -0.1) is 0 Å². The van der Waals surface area contributed by atoms with Gasteiger partial charge in [-0.25, -0.2) is 9.50 Å². The highest BCUT2D eigenvalue weighted by atomic mass is 15.3. The Morgan fingerprint density at radius 2 is 1.76 bits per heavy atom. The summed E-state index contributed by atoms with van der Waals surface area (Å²) in [7, 11) is 0. The van der Waals surface area contributed by atoms with Crippen LogP contribution in [0.4, 0.5) is 0 Å². The summed E-state index contributed by atoms with van der Waals surface area (Å²) in [4.78, 5) is 9.54. The number of pyridine rings is 1. The van der Waals surface area contributed by atoms with Gasteiger partial charge in [0.05, 0.1) is 11.9 Å². The maximum Gasteiger partial charge on any atom is 0.163 e. The fourth-order valence-electron chi connectivity index (χ4n) is 4.52. The number of hydrogen-bond acceptors (Lipinski definition) is 3. The Hall–Kier alpha value is -3.01. The number of fused-ring (bicyclic) bond motifs is 3. The van der Waals surface area contributed by atoms with E-state index in [-0.39, 0.29) is 5.41 Å². The van der Waals surface area contributed by atoms with Crippen LogP contribution >= 0.6 is 0 Å². The molecule has 0 saturated carbocycles. The summed E-state index contributed by atoms with van der Waals surface area (Å²) >= 11 is 0. The van der Waals surface area contributed by atoms with E-state index in [0.29, 0.717) is 5.92 Å². The van der Waals surface area contributed by atoms with E-state index in [0.717, 1.165) is 40.9 Å². The molecule has 4 nitrogen and oxygen atoms in total. The molecule has 0 radical (unpaired) electrons. The molecule has 1 atom stereocenters. The summed E-state index contributed by atoms with van der Waals surface area (Å²) in [6.45, 7) is 7.04. The summed E-state index contributed by atoms with van der Waals surface area (Å²) in [5.74, 6) is 0.633. The maximum absolute atomic E-state index is 5.17. The molecule has 5 rings (SSSR count). The number of aromatic nitrogens is 4. The van der Waals surface area contributed by atoms with E-state index < -0.39 is 0 Å². The molecular formula is C25H26N4. The minimum atomic E-state index is 0.276. The van der Waals surface area contributed by atoms with Crippen LogP contribution in [0.15, 0.2) is 61.1 Å². The van der Waals surface area contributed by atoms with E-state index in [2.05, 4.69) is 60.6 Å². The summed E-state index contributed by atoms with van der Waals surface area (Å²) in [5, 5.41) is 4.77. The number of aryl methyl sites for hydroxylation is 1. The van der Waals surface area contributed by atoms with Gasteiger partial charge in [-0.3, -0.25) is 4.98 Å². The van der Waals surface area contributed by atoms with Gasteiger partial charge in [-0.05, 0) is 48.3 Å². The lowest BCUT2D eigenvalue weighted by molar-refractivity contribution is 0.214. The van der Waals surface area contributed by atoms with E-state index >= 15 is 0 Å². The standard InChI is InChI=1S/C25H26N4/c1-25(2,3)19-11-12-22-20(14-19)23(18-10-7-13-26-15-18)28-24-21(16-27-29(22)24)17-8-5-4-6-9-17/h4-10,13,15-16,19H,11-12,14H2,1-3H3/t19-/m0/s1. The van der Waals surface area contributed by atoms with E-state index in [1.807, 2.05) is 30.7 Å². The zero-order valence-electron chi connectivity index (χ0n) is 17.3. The molecule has 29 heavy (non-hydrogen) atoms. The predicted molar refractivity (Wildman–Crippen MR) is 117 cm³/mol. The van der Waals surface area contributed by atoms with Gasteiger partial charge >= 0.3 is 0 Å². The lowest BCUT2D eigenvalue weighted by Crippen LogP contribution is -2.29. The first kappa shape index (κ1) is 18.0. The molecule has 0 N–H and O–H groups in total. The monoisotopic (exact) mass is 382 g/mol. The average Bonchev–Trinajstić information content (AvgIpc) is 3.17. The predicted octanol–water partition coefficient (Wildman–Crippen LogP) is 5.61. The van der Waals surface area contributed by atoms with Crippen LogP contribution in [0.2, 0.25) is 0 Å². The summed E-state index contributed by atoms with van der Waals surface area (Å²) in [5.41, 5.74) is 8.22. The van der Waals surface area contributed by atoms with Crippen molar-refractivity contribution >= 4 is 5.65 Å². The average molecular weight is 383 g/mol. The van der Waals surface area contributed by atoms with Gasteiger partial charge in [-0.2, -0.15) is 5.10 Å². The van der Waals surface area contributed by atoms with Crippen LogP contribution in [0, 0.1) is 11.3 Å². The van der Waals surface area contributed by atoms with Crippen molar-refractivity contribution in [3.63, 3.8) is 0 Å². The molecule has 0 saturated heterocycles. The van der Waals surface area contributed by atoms with Gasteiger partial charge in [-0.1, -0.05) is 51.1 Å². The number of rotatable bonds is 2. The van der Waals surface area contributed by atoms with Crippen LogP contribution in [-0.2, 0) is 12.8 Å². The van der Waals surface area contributed by atoms with Gasteiger partial charge in [0.15, 0.2) is 5.65 Å². The Bertz CT molecular complexity index is 1150. The molecule has 4 heteroatoms. The van der Waals surface area contributed by atoms with Crippen molar-refractivity contribution in [2.24, 2.45) is 11.3 Å². The highest BCUT2D eigenvalue weighted by molar-refractivity contribution is 5.79. The third-order valence-electron chi connectivity index (χ3n) is 6.28. The zero-order chi connectivity index (χ0) is 20.0. The molecule has 0 spiro atoms. The maximum atomic E-state index is 5.17. The quantitative estimate of drug-likeness (QED) is 0.453. The number of nitrogens with zero attached hydrogens (tertiary/aromatic N) is 4. The molecule has 0 unspecified atom stereocenters. The van der Waals surface area contributed by atoms with Gasteiger partial charge < -0.3 is 0 Å². The Kier molecular flexibility index (Phi) is 4.23. The van der Waals surface area contributed by atoms with Crippen LogP contribution in [0.3, 0.4) is 0 Å². The topological polar surface area (TPSA) is 43.1 Å². The summed E-state index contributed by atoms with van der Waals surface area (Å²) in [6, 6.07) is 14.5. The minimum Gasteiger partial charge on any atom is -0.264 e. The molecule has 0 bridgehead atoms. The third kappa shape index (κ3) is 3.13. The smallest absolute Gasteiger partial charge is 0.163 e. The molecule has 0 amide bonds. The molecule has 0 aliphatic heterocycles. The first-order chi connectivity index (χ1) is 14.0. The van der Waals surface area contributed by atoms with Crippen LogP contribution < -0.4 is 0 Å².